The number of benzene rings is 1. The molecule has 0 heterocycles. The first-order valence-electron chi connectivity index (χ1n) is 4.34. The lowest BCUT2D eigenvalue weighted by atomic mass is 10.0. The summed E-state index contributed by atoms with van der Waals surface area (Å²) in [7, 11) is 1.38. The van der Waals surface area contributed by atoms with Gasteiger partial charge in [0.05, 0.1) is 24.1 Å². The zero-order valence-corrected chi connectivity index (χ0v) is 9.25. The molecular weight excluding hydrogens is 230 g/mol. The predicted octanol–water partition coefficient (Wildman–Crippen LogP) is 1.80. The number of ketones is 1. The molecule has 1 aromatic carbocycles. The van der Waals surface area contributed by atoms with Gasteiger partial charge in [0.1, 0.15) is 11.8 Å². The molecule has 16 heavy (non-hydrogen) atoms. The number of methoxy groups -OCH3 is 1. The van der Waals surface area contributed by atoms with Gasteiger partial charge in [-0.3, -0.25) is 9.59 Å². The molecule has 4 nitrogen and oxygen atoms in total. The van der Waals surface area contributed by atoms with Crippen LogP contribution < -0.4 is 4.74 Å². The number of nitrogens with zero attached hydrogens (tertiary/aromatic N) is 1. The maximum atomic E-state index is 11.5. The Morgan fingerprint density at radius 3 is 2.75 bits per heavy atom. The lowest BCUT2D eigenvalue weighted by Gasteiger charge is -2.08. The Morgan fingerprint density at radius 2 is 2.31 bits per heavy atom. The summed E-state index contributed by atoms with van der Waals surface area (Å²) in [5, 5.41) is 8.78. The van der Waals surface area contributed by atoms with E-state index in [-0.39, 0.29) is 34.1 Å². The summed E-state index contributed by atoms with van der Waals surface area (Å²) in [4.78, 5) is 22.2. The average molecular weight is 238 g/mol. The standard InChI is InChI=1S/C11H8ClNO3/c1-16-11-3-7(5-13)8(6-14)2-9(11)10(15)4-12/h2-3,6H,4H2,1H3. The monoisotopic (exact) mass is 237 g/mol. The van der Waals surface area contributed by atoms with Crippen molar-refractivity contribution in [1.82, 2.24) is 0 Å². The first-order valence-corrected chi connectivity index (χ1v) is 4.87. The van der Waals surface area contributed by atoms with E-state index in [4.69, 9.17) is 21.6 Å². The molecule has 0 radical (unpaired) electrons. The van der Waals surface area contributed by atoms with E-state index in [1.165, 1.54) is 19.2 Å². The maximum absolute atomic E-state index is 11.5. The molecule has 1 aromatic rings. The minimum Gasteiger partial charge on any atom is -0.496 e. The number of hydrogen-bond donors (Lipinski definition) is 0. The predicted molar refractivity (Wildman–Crippen MR) is 58.1 cm³/mol. The van der Waals surface area contributed by atoms with E-state index in [9.17, 15) is 9.59 Å². The van der Waals surface area contributed by atoms with Crippen LogP contribution in [0.1, 0.15) is 26.3 Å². The van der Waals surface area contributed by atoms with Crippen LogP contribution in [0.5, 0.6) is 5.75 Å². The summed E-state index contributed by atoms with van der Waals surface area (Å²) in [6.45, 7) is 0. The lowest BCUT2D eigenvalue weighted by Crippen LogP contribution is -2.05. The number of rotatable bonds is 4. The van der Waals surface area contributed by atoms with Gasteiger partial charge in [0.25, 0.3) is 0 Å². The highest BCUT2D eigenvalue weighted by atomic mass is 35.5. The van der Waals surface area contributed by atoms with Crippen molar-refractivity contribution in [3.8, 4) is 11.8 Å². The van der Waals surface area contributed by atoms with Crippen LogP contribution in [-0.2, 0) is 0 Å². The molecule has 0 saturated heterocycles. The molecule has 0 aliphatic heterocycles. The molecule has 0 aliphatic rings. The third-order valence-electron chi connectivity index (χ3n) is 2.04. The minimum absolute atomic E-state index is 0.150. The van der Waals surface area contributed by atoms with Gasteiger partial charge in [-0.1, -0.05) is 0 Å². The fourth-order valence-electron chi connectivity index (χ4n) is 1.25. The second-order valence-corrected chi connectivity index (χ2v) is 3.19. The molecular formula is C11H8ClNO3. The minimum atomic E-state index is -0.355. The molecule has 0 unspecified atom stereocenters. The highest BCUT2D eigenvalue weighted by Gasteiger charge is 2.15. The zero-order valence-electron chi connectivity index (χ0n) is 8.49. The van der Waals surface area contributed by atoms with E-state index in [2.05, 4.69) is 0 Å². The van der Waals surface area contributed by atoms with E-state index < -0.39 is 0 Å². The molecule has 82 valence electrons. The van der Waals surface area contributed by atoms with E-state index in [0.717, 1.165) is 0 Å². The van der Waals surface area contributed by atoms with Crippen LogP contribution >= 0.6 is 11.6 Å². The molecule has 0 N–H and O–H groups in total. The van der Waals surface area contributed by atoms with Crippen LogP contribution in [0.3, 0.4) is 0 Å². The quantitative estimate of drug-likeness (QED) is 0.455. The third kappa shape index (κ3) is 2.20. The Hall–Kier alpha value is -1.86. The molecule has 0 fully saturated rings. The van der Waals surface area contributed by atoms with Gasteiger partial charge in [0.15, 0.2) is 12.1 Å². The number of hydrogen-bond acceptors (Lipinski definition) is 4. The fraction of sp³-hybridized carbons (Fsp3) is 0.182. The second-order valence-electron chi connectivity index (χ2n) is 2.93. The van der Waals surface area contributed by atoms with Gasteiger partial charge >= 0.3 is 0 Å². The Bertz CT molecular complexity index is 477. The summed E-state index contributed by atoms with van der Waals surface area (Å²) in [5.74, 6) is -0.320. The Balaban J connectivity index is 3.44. The van der Waals surface area contributed by atoms with E-state index in [1.54, 1.807) is 0 Å². The highest BCUT2D eigenvalue weighted by Crippen LogP contribution is 2.23. The van der Waals surface area contributed by atoms with Gasteiger partial charge in [-0.15, -0.1) is 11.6 Å². The van der Waals surface area contributed by atoms with E-state index in [1.807, 2.05) is 6.07 Å². The molecule has 0 bridgehead atoms. The van der Waals surface area contributed by atoms with Gasteiger partial charge in [0, 0.05) is 5.56 Å². The van der Waals surface area contributed by atoms with E-state index >= 15 is 0 Å². The van der Waals surface area contributed by atoms with Gasteiger partial charge in [0.2, 0.25) is 0 Å². The van der Waals surface area contributed by atoms with Crippen LogP contribution in [0.25, 0.3) is 0 Å². The molecule has 0 aliphatic carbocycles. The SMILES string of the molecule is COc1cc(C#N)c(C=O)cc1C(=O)CCl. The first-order chi connectivity index (χ1) is 7.67. The van der Waals surface area contributed by atoms with Crippen molar-refractivity contribution in [2.45, 2.75) is 0 Å². The third-order valence-corrected chi connectivity index (χ3v) is 2.28. The van der Waals surface area contributed by atoms with Crippen molar-refractivity contribution in [1.29, 1.82) is 5.26 Å². The number of carbonyl (C=O) groups excluding carboxylic acids is 2. The Morgan fingerprint density at radius 1 is 1.62 bits per heavy atom. The normalized spacial score (nSPS) is 9.31. The molecule has 1 rings (SSSR count). The Kier molecular flexibility index (Phi) is 4.03. The summed E-state index contributed by atoms with van der Waals surface area (Å²) in [5.41, 5.74) is 0.522. The van der Waals surface area contributed by atoms with Crippen molar-refractivity contribution in [3.05, 3.63) is 28.8 Å². The number of ether oxygens (including phenoxy) is 1. The van der Waals surface area contributed by atoms with Gasteiger partial charge < -0.3 is 4.74 Å². The molecule has 0 amide bonds. The topological polar surface area (TPSA) is 67.2 Å². The summed E-state index contributed by atoms with van der Waals surface area (Å²) in [6.07, 6.45) is 0.517. The van der Waals surface area contributed by atoms with Gasteiger partial charge in [-0.05, 0) is 12.1 Å². The Labute approximate surface area is 97.4 Å². The second kappa shape index (κ2) is 5.29. The lowest BCUT2D eigenvalue weighted by molar-refractivity contribution is 0.101. The van der Waals surface area contributed by atoms with Gasteiger partial charge in [-0.2, -0.15) is 5.26 Å². The number of nitriles is 1. The van der Waals surface area contributed by atoms with Gasteiger partial charge in [-0.25, -0.2) is 0 Å². The fourth-order valence-corrected chi connectivity index (χ4v) is 1.39. The number of halogens is 1. The van der Waals surface area contributed by atoms with E-state index in [0.29, 0.717) is 6.29 Å². The molecule has 0 saturated carbocycles. The van der Waals surface area contributed by atoms with Crippen molar-refractivity contribution in [2.24, 2.45) is 0 Å². The van der Waals surface area contributed by atoms with Crippen LogP contribution in [0.4, 0.5) is 0 Å². The first kappa shape index (κ1) is 12.2. The van der Waals surface area contributed by atoms with Crippen molar-refractivity contribution in [3.63, 3.8) is 0 Å². The largest absolute Gasteiger partial charge is 0.496 e. The number of Topliss-reactive ketones (excluding diaryl/α,β-unsaturated/α-hetero) is 1. The number of carbonyl (C=O) groups is 2. The van der Waals surface area contributed by atoms with Crippen LogP contribution in [-0.4, -0.2) is 25.1 Å². The molecule has 5 heteroatoms. The van der Waals surface area contributed by atoms with Crippen LogP contribution in [0.2, 0.25) is 0 Å². The highest BCUT2D eigenvalue weighted by molar-refractivity contribution is 6.30. The number of alkyl halides is 1. The van der Waals surface area contributed by atoms with Crippen molar-refractivity contribution < 1.29 is 14.3 Å². The summed E-state index contributed by atoms with van der Waals surface area (Å²) < 4.78 is 4.96. The van der Waals surface area contributed by atoms with Crippen LogP contribution in [0, 0.1) is 11.3 Å². The molecule has 0 spiro atoms. The number of aldehydes is 1. The van der Waals surface area contributed by atoms with Crippen LogP contribution in [0.15, 0.2) is 12.1 Å². The zero-order chi connectivity index (χ0) is 12.1. The summed E-state index contributed by atoms with van der Waals surface area (Å²) in [6, 6.07) is 4.52. The summed E-state index contributed by atoms with van der Waals surface area (Å²) >= 11 is 5.43. The maximum Gasteiger partial charge on any atom is 0.181 e. The molecule has 0 aromatic heterocycles. The smallest absolute Gasteiger partial charge is 0.181 e. The van der Waals surface area contributed by atoms with Crippen molar-refractivity contribution in [2.75, 3.05) is 13.0 Å². The van der Waals surface area contributed by atoms with Crippen molar-refractivity contribution >= 4 is 23.7 Å². The average Bonchev–Trinajstić information content (AvgIpc) is 2.35. The molecule has 0 atom stereocenters.